The van der Waals surface area contributed by atoms with Crippen molar-refractivity contribution in [1.29, 1.82) is 0 Å². The summed E-state index contributed by atoms with van der Waals surface area (Å²) in [6, 6.07) is 1.84. The quantitative estimate of drug-likeness (QED) is 0.756. The summed E-state index contributed by atoms with van der Waals surface area (Å²) in [6.07, 6.45) is 3.75. The molecule has 0 bridgehead atoms. The Morgan fingerprint density at radius 2 is 2.24 bits per heavy atom. The van der Waals surface area contributed by atoms with Gasteiger partial charge in [0, 0.05) is 11.0 Å². The maximum atomic E-state index is 11.9. The number of hydrogen-bond acceptors (Lipinski definition) is 4. The maximum Gasteiger partial charge on any atom is 0.341 e. The summed E-state index contributed by atoms with van der Waals surface area (Å²) >= 11 is 1.68. The third-order valence-electron chi connectivity index (χ3n) is 2.75. The lowest BCUT2D eigenvalue weighted by atomic mass is 10.1. The molecule has 0 saturated heterocycles. The fourth-order valence-electron chi connectivity index (χ4n) is 1.85. The summed E-state index contributed by atoms with van der Waals surface area (Å²) in [7, 11) is 0. The van der Waals surface area contributed by atoms with Gasteiger partial charge in [0.25, 0.3) is 0 Å². The van der Waals surface area contributed by atoms with Crippen molar-refractivity contribution in [3.05, 3.63) is 32.7 Å². The lowest BCUT2D eigenvalue weighted by Crippen LogP contribution is -2.31. The summed E-state index contributed by atoms with van der Waals surface area (Å²) in [5.41, 5.74) is 1.02. The summed E-state index contributed by atoms with van der Waals surface area (Å²) in [5, 5.41) is 1.98. The summed E-state index contributed by atoms with van der Waals surface area (Å²) in [6.45, 7) is 5.76. The van der Waals surface area contributed by atoms with E-state index in [2.05, 4.69) is 4.99 Å². The Morgan fingerprint density at radius 3 is 2.76 bits per heavy atom. The van der Waals surface area contributed by atoms with Gasteiger partial charge in [0.05, 0.1) is 16.6 Å². The van der Waals surface area contributed by atoms with Gasteiger partial charge >= 0.3 is 5.63 Å². The van der Waals surface area contributed by atoms with E-state index in [4.69, 9.17) is 4.42 Å². The van der Waals surface area contributed by atoms with Crippen LogP contribution in [0.5, 0.6) is 0 Å². The normalized spacial score (nSPS) is 22.1. The average molecular weight is 249 g/mol. The number of thioether (sulfide) groups is 1. The number of nitrogens with zero attached hydrogens (tertiary/aromatic N) is 1. The Balaban J connectivity index is 2.61. The second kappa shape index (κ2) is 4.92. The third-order valence-corrected chi connectivity index (χ3v) is 3.76. The van der Waals surface area contributed by atoms with Crippen LogP contribution in [0.2, 0.25) is 0 Å². The van der Waals surface area contributed by atoms with Gasteiger partial charge in [0.1, 0.15) is 5.42 Å². The Kier molecular flexibility index (Phi) is 3.52. The average Bonchev–Trinajstić information content (AvgIpc) is 2.75. The molecule has 0 aromatic carbocycles. The van der Waals surface area contributed by atoms with Crippen molar-refractivity contribution in [3.8, 4) is 0 Å². The van der Waals surface area contributed by atoms with E-state index in [1.165, 1.54) is 0 Å². The first kappa shape index (κ1) is 12.2. The Bertz CT molecular complexity index is 628. The highest BCUT2D eigenvalue weighted by Crippen LogP contribution is 2.27. The fourth-order valence-corrected chi connectivity index (χ4v) is 2.71. The molecular formula is C13H15NO2S. The molecule has 1 unspecified atom stereocenters. The first-order valence-electron chi connectivity index (χ1n) is 5.59. The largest absolute Gasteiger partial charge is 0.423 e. The Morgan fingerprint density at radius 1 is 1.47 bits per heavy atom. The van der Waals surface area contributed by atoms with Crippen molar-refractivity contribution < 1.29 is 4.42 Å². The van der Waals surface area contributed by atoms with Gasteiger partial charge in [-0.3, -0.25) is 4.99 Å². The van der Waals surface area contributed by atoms with Crippen LogP contribution in [-0.2, 0) is 0 Å². The highest BCUT2D eigenvalue weighted by atomic mass is 32.2. The molecular weight excluding hydrogens is 234 g/mol. The third kappa shape index (κ3) is 2.36. The minimum atomic E-state index is -0.271. The van der Waals surface area contributed by atoms with Gasteiger partial charge in [0.2, 0.25) is 0 Å². The summed E-state index contributed by atoms with van der Waals surface area (Å²) in [5.74, 6) is 0.828. The van der Waals surface area contributed by atoms with Crippen molar-refractivity contribution in [2.45, 2.75) is 26.8 Å². The van der Waals surface area contributed by atoms with Gasteiger partial charge in [-0.15, -0.1) is 11.8 Å². The van der Waals surface area contributed by atoms with Crippen LogP contribution in [-0.4, -0.2) is 10.8 Å². The molecule has 17 heavy (non-hydrogen) atoms. The van der Waals surface area contributed by atoms with Crippen LogP contribution in [0.15, 0.2) is 20.3 Å². The molecule has 2 heterocycles. The van der Waals surface area contributed by atoms with Crippen molar-refractivity contribution in [1.82, 2.24) is 0 Å². The van der Waals surface area contributed by atoms with Crippen LogP contribution in [0, 0.1) is 0 Å². The minimum absolute atomic E-state index is 0.0548. The molecule has 0 aliphatic carbocycles. The van der Waals surface area contributed by atoms with Crippen LogP contribution in [0.25, 0.3) is 12.2 Å². The van der Waals surface area contributed by atoms with Gasteiger partial charge < -0.3 is 4.42 Å². The zero-order chi connectivity index (χ0) is 12.4. The molecule has 1 aliphatic rings. The molecule has 2 rings (SSSR count). The monoisotopic (exact) mass is 249 g/mol. The number of hydrogen-bond donors (Lipinski definition) is 0. The van der Waals surface area contributed by atoms with E-state index < -0.39 is 0 Å². The van der Waals surface area contributed by atoms with Crippen LogP contribution < -0.4 is 16.3 Å². The van der Waals surface area contributed by atoms with Crippen LogP contribution >= 0.6 is 11.8 Å². The second-order valence-corrected chi connectivity index (χ2v) is 5.07. The van der Waals surface area contributed by atoms with Gasteiger partial charge in [-0.2, -0.15) is 0 Å². The Labute approximate surface area is 104 Å². The standard InChI is InChI=1S/C13H15NO2S/c1-4-9-6-10(11-7-17-8(3)14-11)13(15)16-12(9)5-2/h4-6,11H,7H2,1-3H3/b9-4-,12-5+. The zero-order valence-corrected chi connectivity index (χ0v) is 11.0. The minimum Gasteiger partial charge on any atom is -0.423 e. The fraction of sp³-hybridized carbons (Fsp3) is 0.385. The van der Waals surface area contributed by atoms with Crippen LogP contribution in [0.4, 0.5) is 0 Å². The van der Waals surface area contributed by atoms with E-state index in [1.54, 1.807) is 17.8 Å². The van der Waals surface area contributed by atoms with E-state index in [0.29, 0.717) is 11.0 Å². The topological polar surface area (TPSA) is 42.6 Å². The number of aliphatic imine (C=N–C) groups is 1. The van der Waals surface area contributed by atoms with E-state index in [0.717, 1.165) is 16.0 Å². The SMILES string of the molecule is C/C=c1/cc(C2CSC(C)=N2)c(=O)o/c1=C/C. The lowest BCUT2D eigenvalue weighted by Gasteiger charge is -2.04. The van der Waals surface area contributed by atoms with Crippen molar-refractivity contribution in [2.75, 3.05) is 5.75 Å². The van der Waals surface area contributed by atoms with Crippen LogP contribution in [0.1, 0.15) is 32.4 Å². The first-order valence-corrected chi connectivity index (χ1v) is 6.58. The number of rotatable bonds is 1. The van der Waals surface area contributed by atoms with E-state index >= 15 is 0 Å². The molecule has 0 N–H and O–H groups in total. The molecule has 0 spiro atoms. The molecule has 1 aromatic rings. The molecule has 90 valence electrons. The first-order chi connectivity index (χ1) is 8.15. The molecule has 0 saturated carbocycles. The van der Waals surface area contributed by atoms with Gasteiger partial charge in [-0.1, -0.05) is 6.08 Å². The predicted molar refractivity (Wildman–Crippen MR) is 72.8 cm³/mol. The van der Waals surface area contributed by atoms with Gasteiger partial charge in [0.15, 0.2) is 0 Å². The molecule has 0 radical (unpaired) electrons. The second-order valence-electron chi connectivity index (χ2n) is 3.86. The molecule has 1 atom stereocenters. The van der Waals surface area contributed by atoms with Gasteiger partial charge in [-0.05, 0) is 32.9 Å². The van der Waals surface area contributed by atoms with E-state index in [1.807, 2.05) is 32.9 Å². The molecule has 3 nitrogen and oxygen atoms in total. The molecule has 4 heteroatoms. The molecule has 0 fully saturated rings. The predicted octanol–water partition coefficient (Wildman–Crippen LogP) is 1.45. The van der Waals surface area contributed by atoms with E-state index in [-0.39, 0.29) is 11.7 Å². The summed E-state index contributed by atoms with van der Waals surface area (Å²) in [4.78, 5) is 16.3. The summed E-state index contributed by atoms with van der Waals surface area (Å²) < 4.78 is 5.31. The smallest absolute Gasteiger partial charge is 0.341 e. The molecule has 1 aromatic heterocycles. The van der Waals surface area contributed by atoms with E-state index in [9.17, 15) is 4.79 Å². The highest BCUT2D eigenvalue weighted by molar-refractivity contribution is 8.14. The molecule has 1 aliphatic heterocycles. The van der Waals surface area contributed by atoms with Crippen LogP contribution in [0.3, 0.4) is 0 Å². The van der Waals surface area contributed by atoms with Crippen molar-refractivity contribution >= 4 is 29.0 Å². The lowest BCUT2D eigenvalue weighted by molar-refractivity contribution is 0.460. The van der Waals surface area contributed by atoms with Crippen molar-refractivity contribution in [3.63, 3.8) is 0 Å². The van der Waals surface area contributed by atoms with Gasteiger partial charge in [-0.25, -0.2) is 4.79 Å². The highest BCUT2D eigenvalue weighted by Gasteiger charge is 2.21. The van der Waals surface area contributed by atoms with Crippen molar-refractivity contribution in [2.24, 2.45) is 4.99 Å². The maximum absolute atomic E-state index is 11.9. The zero-order valence-electron chi connectivity index (χ0n) is 10.2. The molecule has 0 amide bonds. The Hall–Kier alpha value is -1.29.